The van der Waals surface area contributed by atoms with Crippen LogP contribution < -0.4 is 13.7 Å². The molecular formula is C14H11NO9S. The van der Waals surface area contributed by atoms with Crippen molar-refractivity contribution >= 4 is 34.0 Å². The summed E-state index contributed by atoms with van der Waals surface area (Å²) in [6.07, 6.45) is 1.19. The highest BCUT2D eigenvalue weighted by Gasteiger charge is 2.32. The second-order valence-electron chi connectivity index (χ2n) is 4.74. The van der Waals surface area contributed by atoms with Gasteiger partial charge in [0.2, 0.25) is 6.79 Å². The van der Waals surface area contributed by atoms with Crippen LogP contribution in [-0.2, 0) is 29.4 Å². The Morgan fingerprint density at radius 2 is 1.68 bits per heavy atom. The zero-order chi connectivity index (χ0) is 18.2. The normalized spacial score (nSPS) is 21.2. The number of fused-ring (bicyclic) bond motifs is 2. The van der Waals surface area contributed by atoms with Gasteiger partial charge in [0, 0.05) is 11.6 Å². The first-order valence-electron chi connectivity index (χ1n) is 6.71. The van der Waals surface area contributed by atoms with Crippen LogP contribution in [0.25, 0.3) is 6.08 Å². The molecule has 0 aliphatic carbocycles. The van der Waals surface area contributed by atoms with E-state index in [4.69, 9.17) is 13.7 Å². The molecule has 1 aromatic carbocycles. The van der Waals surface area contributed by atoms with E-state index in [0.717, 1.165) is 14.2 Å². The molecule has 0 amide bonds. The Kier molecular flexibility index (Phi) is 4.08. The quantitative estimate of drug-likeness (QED) is 0.673. The Bertz CT molecular complexity index is 930. The number of ether oxygens (including phenoxy) is 4. The molecule has 25 heavy (non-hydrogen) atoms. The predicted molar refractivity (Wildman–Crippen MR) is 81.6 cm³/mol. The molecule has 0 saturated carbocycles. The zero-order valence-electron chi connectivity index (χ0n) is 13.0. The van der Waals surface area contributed by atoms with E-state index >= 15 is 0 Å². The molecule has 132 valence electrons. The van der Waals surface area contributed by atoms with Gasteiger partial charge in [-0.25, -0.2) is 9.59 Å². The Hall–Kier alpha value is -3.08. The smallest absolute Gasteiger partial charge is 0.429 e. The van der Waals surface area contributed by atoms with E-state index in [1.165, 1.54) is 18.2 Å². The molecule has 0 bridgehead atoms. The van der Waals surface area contributed by atoms with Gasteiger partial charge in [-0.15, -0.1) is 4.40 Å². The highest BCUT2D eigenvalue weighted by molar-refractivity contribution is 7.86. The third kappa shape index (κ3) is 3.13. The number of carbonyl (C=O) groups excluding carboxylic acids is 2. The molecule has 0 radical (unpaired) electrons. The van der Waals surface area contributed by atoms with Crippen molar-refractivity contribution in [2.45, 2.75) is 0 Å². The Morgan fingerprint density at radius 3 is 2.32 bits per heavy atom. The standard InChI is InChI=1S/C14H11NO9S/c1-20-13(16)8-3-7-4-10-11(23-6-22-10)5-9(7)24-25(18,19)15-12(8)14(17)21-2/h3-5H,6H2,1-2H3/b8-3+,15-12+. The third-order valence-corrected chi connectivity index (χ3v) is 4.04. The van der Waals surface area contributed by atoms with Crippen molar-refractivity contribution in [2.75, 3.05) is 21.0 Å². The molecule has 0 N–H and O–H groups in total. The second-order valence-corrected chi connectivity index (χ2v) is 5.94. The van der Waals surface area contributed by atoms with Crippen LogP contribution in [0.3, 0.4) is 0 Å². The second kappa shape index (κ2) is 6.09. The van der Waals surface area contributed by atoms with Crippen molar-refractivity contribution in [1.29, 1.82) is 0 Å². The number of benzene rings is 1. The lowest BCUT2D eigenvalue weighted by Gasteiger charge is -2.14. The fourth-order valence-corrected chi connectivity index (χ4v) is 2.96. The van der Waals surface area contributed by atoms with Gasteiger partial charge in [0.1, 0.15) is 0 Å². The molecule has 0 atom stereocenters. The molecule has 2 heterocycles. The molecule has 2 aliphatic rings. The molecule has 1 aromatic rings. The highest BCUT2D eigenvalue weighted by Crippen LogP contribution is 2.40. The fraction of sp³-hybridized carbons (Fsp3) is 0.214. The van der Waals surface area contributed by atoms with Gasteiger partial charge in [-0.2, -0.15) is 8.42 Å². The predicted octanol–water partition coefficient (Wildman–Crippen LogP) is 0.223. The Labute approximate surface area is 141 Å². The Balaban J connectivity index is 2.28. The largest absolute Gasteiger partial charge is 0.465 e. The molecule has 10 nitrogen and oxygen atoms in total. The van der Waals surface area contributed by atoms with E-state index in [0.29, 0.717) is 5.75 Å². The van der Waals surface area contributed by atoms with Crippen molar-refractivity contribution in [2.24, 2.45) is 4.40 Å². The van der Waals surface area contributed by atoms with Crippen LogP contribution in [0.4, 0.5) is 0 Å². The van der Waals surface area contributed by atoms with E-state index in [1.54, 1.807) is 0 Å². The maximum Gasteiger partial charge on any atom is 0.429 e. The van der Waals surface area contributed by atoms with Crippen LogP contribution in [0.1, 0.15) is 5.56 Å². The number of hydrogen-bond acceptors (Lipinski definition) is 9. The van der Waals surface area contributed by atoms with E-state index in [-0.39, 0.29) is 23.9 Å². The first-order chi connectivity index (χ1) is 11.8. The lowest BCUT2D eigenvalue weighted by molar-refractivity contribution is -0.137. The number of carbonyl (C=O) groups is 2. The van der Waals surface area contributed by atoms with E-state index < -0.39 is 33.5 Å². The van der Waals surface area contributed by atoms with Crippen molar-refractivity contribution in [3.05, 3.63) is 23.3 Å². The number of esters is 2. The van der Waals surface area contributed by atoms with Gasteiger partial charge >= 0.3 is 22.2 Å². The molecule has 0 fully saturated rings. The van der Waals surface area contributed by atoms with E-state index in [9.17, 15) is 18.0 Å². The van der Waals surface area contributed by atoms with Crippen LogP contribution in [0.5, 0.6) is 17.2 Å². The lowest BCUT2D eigenvalue weighted by Crippen LogP contribution is -2.27. The third-order valence-electron chi connectivity index (χ3n) is 3.24. The summed E-state index contributed by atoms with van der Waals surface area (Å²) in [4.78, 5) is 23.9. The minimum atomic E-state index is -4.61. The molecule has 0 saturated heterocycles. The van der Waals surface area contributed by atoms with Crippen LogP contribution in [0.2, 0.25) is 0 Å². The average Bonchev–Trinajstić information content (AvgIpc) is 3.02. The SMILES string of the molecule is COC(=O)C1=C/c2cc3c(cc2OS(=O)(=O)/N=C\1C(=O)OC)OCO3. The molecule has 11 heteroatoms. The molecule has 0 unspecified atom stereocenters. The van der Waals surface area contributed by atoms with Crippen molar-refractivity contribution < 1.29 is 41.1 Å². The Morgan fingerprint density at radius 1 is 1.04 bits per heavy atom. The van der Waals surface area contributed by atoms with E-state index in [1.807, 2.05) is 0 Å². The summed E-state index contributed by atoms with van der Waals surface area (Å²) in [6, 6.07) is 2.68. The number of methoxy groups -OCH3 is 2. The summed E-state index contributed by atoms with van der Waals surface area (Å²) in [5.74, 6) is -1.70. The molecular weight excluding hydrogens is 358 g/mol. The van der Waals surface area contributed by atoms with Crippen molar-refractivity contribution in [3.8, 4) is 17.2 Å². The van der Waals surface area contributed by atoms with Gasteiger partial charge in [0.25, 0.3) is 0 Å². The minimum absolute atomic E-state index is 0.0531. The number of rotatable bonds is 2. The van der Waals surface area contributed by atoms with Crippen molar-refractivity contribution in [3.63, 3.8) is 0 Å². The van der Waals surface area contributed by atoms with Crippen LogP contribution in [0, 0.1) is 0 Å². The number of hydrogen-bond donors (Lipinski definition) is 0. The first kappa shape index (κ1) is 16.8. The van der Waals surface area contributed by atoms with Gasteiger partial charge in [-0.05, 0) is 12.1 Å². The van der Waals surface area contributed by atoms with Gasteiger partial charge < -0.3 is 23.1 Å². The highest BCUT2D eigenvalue weighted by atomic mass is 32.2. The lowest BCUT2D eigenvalue weighted by atomic mass is 10.1. The maximum atomic E-state index is 12.1. The fourth-order valence-electron chi connectivity index (χ4n) is 2.15. The topological polar surface area (TPSA) is 127 Å². The zero-order valence-corrected chi connectivity index (χ0v) is 13.8. The van der Waals surface area contributed by atoms with Gasteiger partial charge in [0.15, 0.2) is 23.0 Å². The van der Waals surface area contributed by atoms with Crippen molar-refractivity contribution in [1.82, 2.24) is 0 Å². The summed E-state index contributed by atoms with van der Waals surface area (Å²) in [5.41, 5.74) is -1.04. The maximum absolute atomic E-state index is 12.1. The van der Waals surface area contributed by atoms with Gasteiger partial charge in [0.05, 0.1) is 19.8 Å². The molecule has 3 rings (SSSR count). The minimum Gasteiger partial charge on any atom is -0.465 e. The monoisotopic (exact) mass is 369 g/mol. The molecule has 0 aromatic heterocycles. The number of nitrogens with zero attached hydrogens (tertiary/aromatic N) is 1. The summed E-state index contributed by atoms with van der Waals surface area (Å²) in [5, 5.41) is 0. The summed E-state index contributed by atoms with van der Waals surface area (Å²) in [7, 11) is -2.53. The average molecular weight is 369 g/mol. The molecule has 2 aliphatic heterocycles. The van der Waals surface area contributed by atoms with Gasteiger partial charge in [-0.3, -0.25) is 0 Å². The molecule has 0 spiro atoms. The summed E-state index contributed by atoms with van der Waals surface area (Å²) >= 11 is 0. The van der Waals surface area contributed by atoms with Crippen LogP contribution in [-0.4, -0.2) is 47.1 Å². The van der Waals surface area contributed by atoms with Crippen LogP contribution >= 0.6 is 0 Å². The van der Waals surface area contributed by atoms with E-state index in [2.05, 4.69) is 13.9 Å². The first-order valence-corrected chi connectivity index (χ1v) is 8.08. The van der Waals surface area contributed by atoms with Gasteiger partial charge in [-0.1, -0.05) is 0 Å². The van der Waals surface area contributed by atoms with Crippen LogP contribution in [0.15, 0.2) is 22.1 Å². The summed E-state index contributed by atoms with van der Waals surface area (Å²) < 4.78 is 51.8. The summed E-state index contributed by atoms with van der Waals surface area (Å²) in [6.45, 7) is -0.0531.